The minimum atomic E-state index is -0.406. The predicted octanol–water partition coefficient (Wildman–Crippen LogP) is 3.51. The second-order valence-corrected chi connectivity index (χ2v) is 7.41. The molecule has 8 heteroatoms. The van der Waals surface area contributed by atoms with Crippen LogP contribution in [-0.2, 0) is 6.54 Å². The van der Waals surface area contributed by atoms with Crippen LogP contribution in [-0.4, -0.2) is 34.7 Å². The second kappa shape index (κ2) is 7.75. The molecule has 1 fully saturated rings. The molecule has 0 N–H and O–H groups in total. The lowest BCUT2D eigenvalue weighted by Gasteiger charge is -2.33. The minimum absolute atomic E-state index is 0.0551. The van der Waals surface area contributed by atoms with Gasteiger partial charge in [0.15, 0.2) is 11.6 Å². The summed E-state index contributed by atoms with van der Waals surface area (Å²) in [7, 11) is 1.58. The summed E-state index contributed by atoms with van der Waals surface area (Å²) in [6.07, 6.45) is 4.74. The highest BCUT2D eigenvalue weighted by Crippen LogP contribution is 2.26. The van der Waals surface area contributed by atoms with Crippen molar-refractivity contribution in [3.05, 3.63) is 58.0 Å². The Morgan fingerprint density at radius 1 is 1.25 bits per heavy atom. The van der Waals surface area contributed by atoms with Crippen molar-refractivity contribution < 1.29 is 9.13 Å². The lowest BCUT2D eigenvalue weighted by molar-refractivity contribution is 0.349. The van der Waals surface area contributed by atoms with Crippen LogP contribution in [0, 0.1) is 11.7 Å². The van der Waals surface area contributed by atoms with Crippen molar-refractivity contribution in [2.24, 2.45) is 5.92 Å². The van der Waals surface area contributed by atoms with Crippen LogP contribution in [0.2, 0.25) is 5.02 Å². The summed E-state index contributed by atoms with van der Waals surface area (Å²) in [6, 6.07) is 6.55. The topological polar surface area (TPSA) is 60.2 Å². The first-order chi connectivity index (χ1) is 13.5. The highest BCUT2D eigenvalue weighted by molar-refractivity contribution is 6.30. The van der Waals surface area contributed by atoms with Gasteiger partial charge in [0.1, 0.15) is 5.75 Å². The summed E-state index contributed by atoms with van der Waals surface area (Å²) in [6.45, 7) is 1.96. The van der Waals surface area contributed by atoms with Crippen LogP contribution in [0.15, 0.2) is 41.6 Å². The average molecular weight is 403 g/mol. The predicted molar refractivity (Wildman–Crippen MR) is 107 cm³/mol. The van der Waals surface area contributed by atoms with Crippen LogP contribution in [0.1, 0.15) is 12.8 Å². The number of nitrogens with zero attached hydrogens (tertiary/aromatic N) is 4. The zero-order valence-electron chi connectivity index (χ0n) is 15.4. The van der Waals surface area contributed by atoms with E-state index in [9.17, 15) is 9.18 Å². The average Bonchev–Trinajstić information content (AvgIpc) is 2.70. The Morgan fingerprint density at radius 3 is 2.75 bits per heavy atom. The Hall–Kier alpha value is -2.67. The van der Waals surface area contributed by atoms with E-state index in [0.29, 0.717) is 48.0 Å². The molecular weight excluding hydrogens is 383 g/mol. The monoisotopic (exact) mass is 402 g/mol. The van der Waals surface area contributed by atoms with E-state index in [1.165, 1.54) is 12.3 Å². The summed E-state index contributed by atoms with van der Waals surface area (Å²) >= 11 is 5.78. The summed E-state index contributed by atoms with van der Waals surface area (Å²) in [5, 5.41) is 0.866. The Kier molecular flexibility index (Phi) is 5.17. The van der Waals surface area contributed by atoms with E-state index in [4.69, 9.17) is 16.3 Å². The first kappa shape index (κ1) is 18.7. The normalized spacial score (nSPS) is 15.2. The third-order valence-corrected chi connectivity index (χ3v) is 5.40. The smallest absolute Gasteiger partial charge is 0.261 e. The van der Waals surface area contributed by atoms with Gasteiger partial charge in [-0.25, -0.2) is 14.4 Å². The number of rotatable bonds is 4. The van der Waals surface area contributed by atoms with E-state index in [-0.39, 0.29) is 10.6 Å². The molecule has 0 unspecified atom stereocenters. The second-order valence-electron chi connectivity index (χ2n) is 6.97. The van der Waals surface area contributed by atoms with Gasteiger partial charge in [0.2, 0.25) is 0 Å². The Balaban J connectivity index is 1.46. The van der Waals surface area contributed by atoms with Crippen molar-refractivity contribution in [3.63, 3.8) is 0 Å². The van der Waals surface area contributed by atoms with E-state index in [1.807, 2.05) is 4.90 Å². The molecule has 2 aromatic heterocycles. The lowest BCUT2D eigenvalue weighted by Crippen LogP contribution is -2.37. The fourth-order valence-corrected chi connectivity index (χ4v) is 3.79. The van der Waals surface area contributed by atoms with Gasteiger partial charge in [-0.15, -0.1) is 0 Å². The Bertz CT molecular complexity index is 1060. The third-order valence-electron chi connectivity index (χ3n) is 5.19. The molecule has 0 radical (unpaired) electrons. The number of aromatic nitrogens is 3. The van der Waals surface area contributed by atoms with Gasteiger partial charge in [0, 0.05) is 31.9 Å². The molecule has 0 saturated carbocycles. The zero-order chi connectivity index (χ0) is 19.7. The lowest BCUT2D eigenvalue weighted by atomic mass is 9.96. The van der Waals surface area contributed by atoms with Crippen LogP contribution >= 0.6 is 11.6 Å². The van der Waals surface area contributed by atoms with Gasteiger partial charge in [-0.05, 0) is 37.0 Å². The summed E-state index contributed by atoms with van der Waals surface area (Å²) in [5.74, 6) is 0.923. The van der Waals surface area contributed by atoms with Gasteiger partial charge in [-0.2, -0.15) is 0 Å². The molecule has 28 heavy (non-hydrogen) atoms. The van der Waals surface area contributed by atoms with E-state index >= 15 is 0 Å². The number of benzene rings is 1. The summed E-state index contributed by atoms with van der Waals surface area (Å²) < 4.78 is 20.9. The molecule has 1 aromatic carbocycles. The van der Waals surface area contributed by atoms with Crippen LogP contribution < -0.4 is 15.2 Å². The molecule has 1 saturated heterocycles. The highest BCUT2D eigenvalue weighted by Gasteiger charge is 2.23. The number of hydrogen-bond acceptors (Lipinski definition) is 5. The first-order valence-corrected chi connectivity index (χ1v) is 9.52. The van der Waals surface area contributed by atoms with E-state index in [2.05, 4.69) is 9.97 Å². The van der Waals surface area contributed by atoms with Crippen molar-refractivity contribution in [1.82, 2.24) is 14.5 Å². The van der Waals surface area contributed by atoms with Gasteiger partial charge < -0.3 is 9.64 Å². The maximum atomic E-state index is 14.1. The molecule has 0 amide bonds. The number of halogens is 2. The Morgan fingerprint density at radius 2 is 2.04 bits per heavy atom. The van der Waals surface area contributed by atoms with Gasteiger partial charge in [0.05, 0.1) is 29.4 Å². The van der Waals surface area contributed by atoms with Crippen molar-refractivity contribution in [1.29, 1.82) is 0 Å². The zero-order valence-corrected chi connectivity index (χ0v) is 16.2. The minimum Gasteiger partial charge on any atom is -0.497 e. The number of hydrogen-bond donors (Lipinski definition) is 0. The van der Waals surface area contributed by atoms with Crippen molar-refractivity contribution >= 4 is 28.3 Å². The molecular formula is C20H20ClFN4O2. The quantitative estimate of drug-likeness (QED) is 0.668. The number of piperidine rings is 1. The largest absolute Gasteiger partial charge is 0.497 e. The van der Waals surface area contributed by atoms with Gasteiger partial charge in [-0.3, -0.25) is 9.36 Å². The van der Waals surface area contributed by atoms with Crippen molar-refractivity contribution in [2.45, 2.75) is 19.4 Å². The van der Waals surface area contributed by atoms with Gasteiger partial charge in [0.25, 0.3) is 5.56 Å². The fraction of sp³-hybridized carbons (Fsp3) is 0.350. The molecule has 1 aliphatic rings. The summed E-state index contributed by atoms with van der Waals surface area (Å²) in [4.78, 5) is 23.2. The maximum Gasteiger partial charge on any atom is 0.261 e. The van der Waals surface area contributed by atoms with Crippen LogP contribution in [0.5, 0.6) is 5.75 Å². The fourth-order valence-electron chi connectivity index (χ4n) is 3.64. The van der Waals surface area contributed by atoms with Crippen molar-refractivity contribution in [2.75, 3.05) is 25.1 Å². The molecule has 146 valence electrons. The highest BCUT2D eigenvalue weighted by atomic mass is 35.5. The molecule has 6 nitrogen and oxygen atoms in total. The molecule has 3 heterocycles. The van der Waals surface area contributed by atoms with Crippen molar-refractivity contribution in [3.8, 4) is 5.75 Å². The van der Waals surface area contributed by atoms with Gasteiger partial charge in [-0.1, -0.05) is 11.6 Å². The standard InChI is InChI=1S/C20H20ClFN4O2/c1-28-15-2-3-16-18(9-15)24-12-26(20(16)27)11-13-4-6-25(7-5-13)19-17(22)8-14(21)10-23-19/h2-3,8-10,12-13H,4-7,11H2,1H3. The van der Waals surface area contributed by atoms with Gasteiger partial charge >= 0.3 is 0 Å². The van der Waals surface area contributed by atoms with Crippen LogP contribution in [0.4, 0.5) is 10.2 Å². The molecule has 1 aliphatic heterocycles. The van der Waals surface area contributed by atoms with Crippen LogP contribution in [0.3, 0.4) is 0 Å². The number of pyridine rings is 1. The van der Waals surface area contributed by atoms with E-state index < -0.39 is 5.82 Å². The van der Waals surface area contributed by atoms with E-state index in [1.54, 1.807) is 36.2 Å². The molecule has 4 rings (SSSR count). The number of ether oxygens (including phenoxy) is 1. The third kappa shape index (κ3) is 3.67. The molecule has 0 atom stereocenters. The molecule has 0 spiro atoms. The number of methoxy groups -OCH3 is 1. The SMILES string of the molecule is COc1ccc2c(=O)n(CC3CCN(c4ncc(Cl)cc4F)CC3)cnc2c1. The first-order valence-electron chi connectivity index (χ1n) is 9.14. The van der Waals surface area contributed by atoms with Crippen LogP contribution in [0.25, 0.3) is 10.9 Å². The number of anilines is 1. The van der Waals surface area contributed by atoms with E-state index in [0.717, 1.165) is 12.8 Å². The molecule has 0 aliphatic carbocycles. The summed E-state index contributed by atoms with van der Waals surface area (Å²) in [5.41, 5.74) is 0.570. The molecule has 3 aromatic rings. The maximum absolute atomic E-state index is 14.1. The molecule has 0 bridgehead atoms. The Labute approximate surface area is 166 Å². The number of fused-ring (bicyclic) bond motifs is 1.